The zero-order valence-electron chi connectivity index (χ0n) is 8.90. The molecule has 0 radical (unpaired) electrons. The van der Waals surface area contributed by atoms with Crippen LogP contribution < -0.4 is 5.32 Å². The van der Waals surface area contributed by atoms with Crippen LogP contribution in [0, 0.1) is 3.57 Å². The van der Waals surface area contributed by atoms with Gasteiger partial charge in [0.25, 0.3) is 0 Å². The van der Waals surface area contributed by atoms with Crippen molar-refractivity contribution in [1.82, 2.24) is 9.97 Å². The van der Waals surface area contributed by atoms with E-state index in [-0.39, 0.29) is 0 Å². The molecule has 1 N–H and O–H groups in total. The summed E-state index contributed by atoms with van der Waals surface area (Å²) in [6.45, 7) is 3.04. The summed E-state index contributed by atoms with van der Waals surface area (Å²) in [4.78, 5) is 8.73. The molecule has 0 bridgehead atoms. The van der Waals surface area contributed by atoms with Crippen LogP contribution in [0.1, 0.15) is 13.3 Å². The molecule has 4 nitrogen and oxygen atoms in total. The van der Waals surface area contributed by atoms with E-state index in [9.17, 15) is 0 Å². The molecule has 0 aliphatic rings. The molecule has 0 unspecified atom stereocenters. The molecule has 2 heterocycles. The average Bonchev–Trinajstić information content (AvgIpc) is 2.81. The Morgan fingerprint density at radius 3 is 3.06 bits per heavy atom. The fourth-order valence-corrected chi connectivity index (χ4v) is 1.72. The van der Waals surface area contributed by atoms with Crippen molar-refractivity contribution in [2.24, 2.45) is 0 Å². The number of halogens is 1. The van der Waals surface area contributed by atoms with Gasteiger partial charge in [-0.05, 0) is 35.1 Å². The van der Waals surface area contributed by atoms with E-state index in [0.717, 1.165) is 27.9 Å². The minimum absolute atomic E-state index is 0.688. The first-order chi connectivity index (χ1) is 7.81. The molecule has 2 rings (SSSR count). The lowest BCUT2D eigenvalue weighted by atomic mass is 10.3. The summed E-state index contributed by atoms with van der Waals surface area (Å²) >= 11 is 2.22. The molecule has 5 heteroatoms. The van der Waals surface area contributed by atoms with E-state index in [1.54, 1.807) is 12.5 Å². The number of aromatic nitrogens is 2. The summed E-state index contributed by atoms with van der Waals surface area (Å²) < 4.78 is 6.04. The van der Waals surface area contributed by atoms with Crippen molar-refractivity contribution in [3.05, 3.63) is 28.4 Å². The van der Waals surface area contributed by atoms with Crippen molar-refractivity contribution in [3.8, 4) is 11.4 Å². The molecule has 0 aliphatic carbocycles. The molecular weight excluding hydrogens is 317 g/mol. The molecule has 0 aromatic carbocycles. The predicted octanol–water partition coefficient (Wildman–Crippen LogP) is 3.16. The fourth-order valence-electron chi connectivity index (χ4n) is 1.27. The first kappa shape index (κ1) is 11.4. The lowest BCUT2D eigenvalue weighted by Gasteiger charge is -2.06. The monoisotopic (exact) mass is 329 g/mol. The number of hydrogen-bond donors (Lipinski definition) is 1. The van der Waals surface area contributed by atoms with Crippen molar-refractivity contribution >= 4 is 28.4 Å². The molecule has 0 atom stereocenters. The molecule has 0 saturated carbocycles. The molecule has 0 fully saturated rings. The van der Waals surface area contributed by atoms with Crippen LogP contribution in [0.25, 0.3) is 11.4 Å². The zero-order chi connectivity index (χ0) is 11.4. The number of nitrogens with one attached hydrogen (secondary N) is 1. The van der Waals surface area contributed by atoms with Gasteiger partial charge in [-0.1, -0.05) is 6.92 Å². The number of hydrogen-bond acceptors (Lipinski definition) is 4. The van der Waals surface area contributed by atoms with Crippen LogP contribution in [0.5, 0.6) is 0 Å². The Morgan fingerprint density at radius 2 is 2.38 bits per heavy atom. The van der Waals surface area contributed by atoms with Gasteiger partial charge in [-0.2, -0.15) is 0 Å². The minimum atomic E-state index is 0.688. The van der Waals surface area contributed by atoms with Gasteiger partial charge in [0.15, 0.2) is 5.82 Å². The standard InChI is InChI=1S/C11H12IN3O/c1-2-4-13-11-9(12)6-14-10(15-11)8-3-5-16-7-8/h3,5-7H,2,4H2,1H3,(H,13,14,15). The first-order valence-corrected chi connectivity index (χ1v) is 6.18. The maximum Gasteiger partial charge on any atom is 0.164 e. The van der Waals surface area contributed by atoms with Gasteiger partial charge in [0.2, 0.25) is 0 Å². The van der Waals surface area contributed by atoms with Crippen molar-refractivity contribution in [2.75, 3.05) is 11.9 Å². The van der Waals surface area contributed by atoms with E-state index in [1.807, 2.05) is 12.3 Å². The van der Waals surface area contributed by atoms with Crippen LogP contribution in [-0.4, -0.2) is 16.5 Å². The highest BCUT2D eigenvalue weighted by molar-refractivity contribution is 14.1. The van der Waals surface area contributed by atoms with Crippen LogP contribution in [0.4, 0.5) is 5.82 Å². The molecule has 0 aliphatic heterocycles. The molecular formula is C11H12IN3O. The minimum Gasteiger partial charge on any atom is -0.472 e. The maximum absolute atomic E-state index is 5.02. The van der Waals surface area contributed by atoms with Crippen molar-refractivity contribution in [1.29, 1.82) is 0 Å². The van der Waals surface area contributed by atoms with Gasteiger partial charge in [-0.3, -0.25) is 0 Å². The molecule has 84 valence electrons. The fraction of sp³-hybridized carbons (Fsp3) is 0.273. The van der Waals surface area contributed by atoms with E-state index >= 15 is 0 Å². The van der Waals surface area contributed by atoms with Crippen molar-refractivity contribution < 1.29 is 4.42 Å². The van der Waals surface area contributed by atoms with Gasteiger partial charge in [0, 0.05) is 12.7 Å². The van der Waals surface area contributed by atoms with Crippen LogP contribution in [0.3, 0.4) is 0 Å². The van der Waals surface area contributed by atoms with Gasteiger partial charge in [0.05, 0.1) is 15.4 Å². The Bertz CT molecular complexity index is 456. The third kappa shape index (κ3) is 2.52. The van der Waals surface area contributed by atoms with Crippen LogP contribution in [0.15, 0.2) is 29.2 Å². The number of furan rings is 1. The average molecular weight is 329 g/mol. The second kappa shape index (κ2) is 5.29. The Morgan fingerprint density at radius 1 is 1.50 bits per heavy atom. The lowest BCUT2D eigenvalue weighted by Crippen LogP contribution is -2.05. The molecule has 0 spiro atoms. The largest absolute Gasteiger partial charge is 0.472 e. The van der Waals surface area contributed by atoms with E-state index < -0.39 is 0 Å². The summed E-state index contributed by atoms with van der Waals surface area (Å²) in [5.41, 5.74) is 0.899. The third-order valence-corrected chi connectivity index (χ3v) is 2.86. The topological polar surface area (TPSA) is 51.0 Å². The number of anilines is 1. The van der Waals surface area contributed by atoms with Crippen molar-refractivity contribution in [2.45, 2.75) is 13.3 Å². The van der Waals surface area contributed by atoms with Gasteiger partial charge in [-0.25, -0.2) is 9.97 Å². The highest BCUT2D eigenvalue weighted by atomic mass is 127. The smallest absolute Gasteiger partial charge is 0.164 e. The van der Waals surface area contributed by atoms with Crippen LogP contribution >= 0.6 is 22.6 Å². The van der Waals surface area contributed by atoms with Crippen molar-refractivity contribution in [3.63, 3.8) is 0 Å². The second-order valence-electron chi connectivity index (χ2n) is 3.33. The molecule has 0 saturated heterocycles. The molecule has 16 heavy (non-hydrogen) atoms. The predicted molar refractivity (Wildman–Crippen MR) is 71.2 cm³/mol. The Balaban J connectivity index is 2.28. The molecule has 2 aromatic heterocycles. The summed E-state index contributed by atoms with van der Waals surface area (Å²) in [7, 11) is 0. The molecule has 0 amide bonds. The quantitative estimate of drug-likeness (QED) is 0.876. The van der Waals surface area contributed by atoms with E-state index in [0.29, 0.717) is 5.82 Å². The maximum atomic E-state index is 5.02. The number of rotatable bonds is 4. The summed E-state index contributed by atoms with van der Waals surface area (Å²) in [6, 6.07) is 1.85. The van der Waals surface area contributed by atoms with Gasteiger partial charge < -0.3 is 9.73 Å². The highest BCUT2D eigenvalue weighted by Crippen LogP contribution is 2.20. The Kier molecular flexibility index (Phi) is 3.76. The van der Waals surface area contributed by atoms with Gasteiger partial charge in [-0.15, -0.1) is 0 Å². The summed E-state index contributed by atoms with van der Waals surface area (Å²) in [5, 5.41) is 3.28. The summed E-state index contributed by atoms with van der Waals surface area (Å²) in [6.07, 6.45) is 6.15. The Labute approximate surface area is 108 Å². The van der Waals surface area contributed by atoms with E-state index in [1.165, 1.54) is 0 Å². The van der Waals surface area contributed by atoms with Gasteiger partial charge in [0.1, 0.15) is 12.1 Å². The molecule has 2 aromatic rings. The highest BCUT2D eigenvalue weighted by Gasteiger charge is 2.07. The van der Waals surface area contributed by atoms with Crippen LogP contribution in [-0.2, 0) is 0 Å². The number of nitrogens with zero attached hydrogens (tertiary/aromatic N) is 2. The normalized spacial score (nSPS) is 10.4. The van der Waals surface area contributed by atoms with E-state index in [2.05, 4.69) is 44.8 Å². The van der Waals surface area contributed by atoms with Crippen LogP contribution in [0.2, 0.25) is 0 Å². The van der Waals surface area contributed by atoms with Gasteiger partial charge >= 0.3 is 0 Å². The third-order valence-electron chi connectivity index (χ3n) is 2.07. The van der Waals surface area contributed by atoms with E-state index in [4.69, 9.17) is 4.42 Å². The summed E-state index contributed by atoms with van der Waals surface area (Å²) in [5.74, 6) is 1.57. The first-order valence-electron chi connectivity index (χ1n) is 5.10. The zero-order valence-corrected chi connectivity index (χ0v) is 11.1. The second-order valence-corrected chi connectivity index (χ2v) is 4.49. The lowest BCUT2D eigenvalue weighted by molar-refractivity contribution is 0.568. The Hall–Kier alpha value is -1.11. The SMILES string of the molecule is CCCNc1nc(-c2ccoc2)ncc1I.